The number of thioether (sulfide) groups is 1. The summed E-state index contributed by atoms with van der Waals surface area (Å²) in [6, 6.07) is 3.58. The summed E-state index contributed by atoms with van der Waals surface area (Å²) in [7, 11) is 3.09. The fourth-order valence-electron chi connectivity index (χ4n) is 2.48. The Hall–Kier alpha value is -2.74. The van der Waals surface area contributed by atoms with E-state index in [0.29, 0.717) is 16.4 Å². The Kier molecular flexibility index (Phi) is 7.28. The molecule has 0 radical (unpaired) electrons. The number of aliphatic hydroxyl groups is 1. The van der Waals surface area contributed by atoms with Crippen LogP contribution in [0.25, 0.3) is 6.08 Å². The minimum absolute atomic E-state index is 0.0990. The molecule has 150 valence electrons. The van der Waals surface area contributed by atoms with Gasteiger partial charge >= 0.3 is 5.97 Å². The molecule has 0 fully saturated rings. The monoisotopic (exact) mass is 405 g/mol. The Bertz CT molecular complexity index is 885. The van der Waals surface area contributed by atoms with Crippen molar-refractivity contribution in [2.75, 3.05) is 20.8 Å². The van der Waals surface area contributed by atoms with Crippen LogP contribution in [-0.4, -0.2) is 42.9 Å². The molecule has 1 N–H and O–H groups in total. The molecule has 28 heavy (non-hydrogen) atoms. The zero-order valence-electron chi connectivity index (χ0n) is 16.5. The quantitative estimate of drug-likeness (QED) is 0.719. The highest BCUT2D eigenvalue weighted by atomic mass is 32.2. The Morgan fingerprint density at radius 2 is 1.82 bits per heavy atom. The minimum Gasteiger partial charge on any atom is -0.506 e. The summed E-state index contributed by atoms with van der Waals surface area (Å²) in [6.45, 7) is 5.36. The summed E-state index contributed by atoms with van der Waals surface area (Å²) in [6.07, 6.45) is 1.89. The number of esters is 1. The van der Waals surface area contributed by atoms with Gasteiger partial charge in [0.05, 0.1) is 25.7 Å². The second-order valence-electron chi connectivity index (χ2n) is 5.78. The van der Waals surface area contributed by atoms with Gasteiger partial charge in [-0.15, -0.1) is 0 Å². The molecule has 1 aliphatic heterocycles. The van der Waals surface area contributed by atoms with Gasteiger partial charge in [-0.05, 0) is 43.2 Å². The number of benzene rings is 1. The predicted molar refractivity (Wildman–Crippen MR) is 109 cm³/mol. The van der Waals surface area contributed by atoms with Crippen LogP contribution in [-0.2, 0) is 14.3 Å². The molecule has 2 rings (SSSR count). The maximum atomic E-state index is 12.3. The van der Waals surface area contributed by atoms with Crippen LogP contribution in [0.2, 0.25) is 0 Å². The van der Waals surface area contributed by atoms with E-state index in [1.165, 1.54) is 7.11 Å². The summed E-state index contributed by atoms with van der Waals surface area (Å²) in [5, 5.41) is 10.8. The molecule has 0 saturated heterocycles. The van der Waals surface area contributed by atoms with Gasteiger partial charge in [0.1, 0.15) is 16.4 Å². The first-order chi connectivity index (χ1) is 13.4. The first-order valence-electron chi connectivity index (χ1n) is 8.70. The van der Waals surface area contributed by atoms with Crippen molar-refractivity contribution < 1.29 is 28.9 Å². The standard InChI is InChI=1S/C20H23NO6S/c1-6-16(22)21-19-17(20(24)27-7-2)18(23)15(28-19)10-12-9-14(26-5)13(25-4)8-11(12)3/h8-10,23H,6-7H2,1-5H3/b15-10-,21-19?. The average Bonchev–Trinajstić information content (AvgIpc) is 2.97. The van der Waals surface area contributed by atoms with Gasteiger partial charge in [0.15, 0.2) is 11.5 Å². The number of carbonyl (C=O) groups is 2. The van der Waals surface area contributed by atoms with E-state index in [9.17, 15) is 14.7 Å². The summed E-state index contributed by atoms with van der Waals surface area (Å²) in [5.74, 6) is -0.250. The van der Waals surface area contributed by atoms with E-state index in [4.69, 9.17) is 14.2 Å². The Morgan fingerprint density at radius 1 is 1.18 bits per heavy atom. The molecule has 0 atom stereocenters. The summed E-state index contributed by atoms with van der Waals surface area (Å²) in [4.78, 5) is 28.4. The smallest absolute Gasteiger partial charge is 0.344 e. The number of methoxy groups -OCH3 is 2. The molecule has 0 bridgehead atoms. The first kappa shape index (κ1) is 21.6. The van der Waals surface area contributed by atoms with E-state index in [1.54, 1.807) is 33.1 Å². The number of aliphatic imine (C=N–C) groups is 1. The van der Waals surface area contributed by atoms with Crippen molar-refractivity contribution in [3.05, 3.63) is 39.5 Å². The molecule has 1 aromatic carbocycles. The van der Waals surface area contributed by atoms with Crippen molar-refractivity contribution in [3.63, 3.8) is 0 Å². The van der Waals surface area contributed by atoms with E-state index in [-0.39, 0.29) is 35.3 Å². The van der Waals surface area contributed by atoms with Crippen molar-refractivity contribution in [2.45, 2.75) is 27.2 Å². The lowest BCUT2D eigenvalue weighted by Crippen LogP contribution is -2.14. The molecule has 0 spiro atoms. The van der Waals surface area contributed by atoms with Crippen LogP contribution in [0, 0.1) is 6.92 Å². The van der Waals surface area contributed by atoms with Gasteiger partial charge in [-0.1, -0.05) is 18.7 Å². The largest absolute Gasteiger partial charge is 0.506 e. The molecule has 1 amide bonds. The summed E-state index contributed by atoms with van der Waals surface area (Å²) in [5.41, 5.74) is 1.54. The van der Waals surface area contributed by atoms with Gasteiger partial charge in [0.2, 0.25) is 5.91 Å². The molecule has 1 heterocycles. The maximum Gasteiger partial charge on any atom is 0.344 e. The number of aryl methyl sites for hydroxylation is 1. The van der Waals surface area contributed by atoms with Gasteiger partial charge in [0, 0.05) is 6.42 Å². The fourth-order valence-corrected chi connectivity index (χ4v) is 3.50. The van der Waals surface area contributed by atoms with Crippen LogP contribution < -0.4 is 9.47 Å². The van der Waals surface area contributed by atoms with E-state index >= 15 is 0 Å². The lowest BCUT2D eigenvalue weighted by Gasteiger charge is -2.11. The van der Waals surface area contributed by atoms with Crippen molar-refractivity contribution in [3.8, 4) is 11.5 Å². The van der Waals surface area contributed by atoms with Crippen LogP contribution in [0.15, 0.2) is 33.4 Å². The minimum atomic E-state index is -0.720. The van der Waals surface area contributed by atoms with Crippen molar-refractivity contribution in [1.82, 2.24) is 0 Å². The zero-order valence-corrected chi connectivity index (χ0v) is 17.3. The lowest BCUT2D eigenvalue weighted by molar-refractivity contribution is -0.138. The van der Waals surface area contributed by atoms with E-state index in [0.717, 1.165) is 22.9 Å². The summed E-state index contributed by atoms with van der Waals surface area (Å²) >= 11 is 1.05. The fraction of sp³-hybridized carbons (Fsp3) is 0.350. The molecule has 0 aliphatic carbocycles. The number of hydrogen-bond donors (Lipinski definition) is 1. The van der Waals surface area contributed by atoms with Crippen LogP contribution in [0.3, 0.4) is 0 Å². The second kappa shape index (κ2) is 9.45. The molecule has 1 aromatic rings. The van der Waals surface area contributed by atoms with Crippen LogP contribution in [0.4, 0.5) is 0 Å². The highest BCUT2D eigenvalue weighted by Crippen LogP contribution is 2.40. The van der Waals surface area contributed by atoms with Crippen molar-refractivity contribution >= 4 is 34.8 Å². The van der Waals surface area contributed by atoms with E-state index < -0.39 is 5.97 Å². The third-order valence-electron chi connectivity index (χ3n) is 3.96. The Labute approximate surface area is 168 Å². The van der Waals surface area contributed by atoms with Gasteiger partial charge in [-0.3, -0.25) is 4.79 Å². The molecular weight excluding hydrogens is 382 g/mol. The normalized spacial score (nSPS) is 16.6. The number of nitrogens with zero attached hydrogens (tertiary/aromatic N) is 1. The highest BCUT2D eigenvalue weighted by molar-refractivity contribution is 8.18. The van der Waals surface area contributed by atoms with Crippen molar-refractivity contribution in [2.24, 2.45) is 4.99 Å². The molecular formula is C20H23NO6S. The number of rotatable bonds is 6. The number of amides is 1. The molecule has 0 aromatic heterocycles. The summed E-state index contributed by atoms with van der Waals surface area (Å²) < 4.78 is 15.6. The van der Waals surface area contributed by atoms with Crippen LogP contribution in [0.5, 0.6) is 11.5 Å². The van der Waals surface area contributed by atoms with Gasteiger partial charge in [-0.25, -0.2) is 9.79 Å². The third-order valence-corrected chi connectivity index (χ3v) is 4.98. The van der Waals surface area contributed by atoms with Crippen LogP contribution >= 0.6 is 11.8 Å². The van der Waals surface area contributed by atoms with Gasteiger partial charge in [-0.2, -0.15) is 0 Å². The predicted octanol–water partition coefficient (Wildman–Crippen LogP) is 3.81. The van der Waals surface area contributed by atoms with Gasteiger partial charge < -0.3 is 19.3 Å². The van der Waals surface area contributed by atoms with Crippen LogP contribution in [0.1, 0.15) is 31.4 Å². The molecule has 1 aliphatic rings. The molecule has 8 heteroatoms. The third kappa shape index (κ3) is 4.56. The molecule has 0 unspecified atom stereocenters. The van der Waals surface area contributed by atoms with Gasteiger partial charge in [0.25, 0.3) is 0 Å². The lowest BCUT2D eigenvalue weighted by atomic mass is 10.1. The van der Waals surface area contributed by atoms with Crippen molar-refractivity contribution in [1.29, 1.82) is 0 Å². The SMILES string of the molecule is CCOC(=O)C1=C(O)/C(=C/c2cc(OC)c(OC)cc2C)SC1=NC(=O)CC. The number of ether oxygens (including phenoxy) is 3. The molecule has 0 saturated carbocycles. The number of hydrogen-bond acceptors (Lipinski definition) is 7. The highest BCUT2D eigenvalue weighted by Gasteiger charge is 2.33. The van der Waals surface area contributed by atoms with E-state index in [1.807, 2.05) is 13.0 Å². The maximum absolute atomic E-state index is 12.3. The number of aliphatic hydroxyl groups excluding tert-OH is 1. The molecule has 7 nitrogen and oxygen atoms in total. The first-order valence-corrected chi connectivity index (χ1v) is 9.52. The van der Waals surface area contributed by atoms with E-state index in [2.05, 4.69) is 4.99 Å². The average molecular weight is 405 g/mol. The Morgan fingerprint density at radius 3 is 2.39 bits per heavy atom. The topological polar surface area (TPSA) is 94.4 Å². The second-order valence-corrected chi connectivity index (χ2v) is 6.81. The Balaban J connectivity index is 2.55. The number of carbonyl (C=O) groups excluding carboxylic acids is 2. The zero-order chi connectivity index (χ0) is 20.8.